The van der Waals surface area contributed by atoms with Gasteiger partial charge in [-0.15, -0.1) is 0 Å². The van der Waals surface area contributed by atoms with Gasteiger partial charge >= 0.3 is 0 Å². The molecule has 8 nitrogen and oxygen atoms in total. The molecule has 1 aliphatic heterocycles. The number of nitrogens with one attached hydrogen (secondary N) is 3. The maximum absolute atomic E-state index is 12.8. The van der Waals surface area contributed by atoms with Crippen molar-refractivity contribution in [3.8, 4) is 5.75 Å². The van der Waals surface area contributed by atoms with E-state index < -0.39 is 16.1 Å². The monoisotopic (exact) mass is 479 g/mol. The van der Waals surface area contributed by atoms with Crippen molar-refractivity contribution in [2.45, 2.75) is 26.4 Å². The van der Waals surface area contributed by atoms with Crippen LogP contribution in [0.3, 0.4) is 0 Å². The first-order valence-corrected chi connectivity index (χ1v) is 12.5. The van der Waals surface area contributed by atoms with Crippen LogP contribution in [0.2, 0.25) is 0 Å². The van der Waals surface area contributed by atoms with Gasteiger partial charge in [-0.3, -0.25) is 14.3 Å². The van der Waals surface area contributed by atoms with Crippen molar-refractivity contribution in [1.82, 2.24) is 0 Å². The molecule has 3 aromatic rings. The van der Waals surface area contributed by atoms with Crippen LogP contribution in [0.25, 0.3) is 0 Å². The van der Waals surface area contributed by atoms with Crippen LogP contribution in [-0.4, -0.2) is 32.1 Å². The van der Waals surface area contributed by atoms with E-state index in [-0.39, 0.29) is 17.6 Å². The van der Waals surface area contributed by atoms with E-state index in [1.54, 1.807) is 56.3 Å². The predicted molar refractivity (Wildman–Crippen MR) is 132 cm³/mol. The maximum Gasteiger partial charge on any atom is 0.265 e. The van der Waals surface area contributed by atoms with Crippen LogP contribution < -0.4 is 20.1 Å². The molecule has 34 heavy (non-hydrogen) atoms. The van der Waals surface area contributed by atoms with Gasteiger partial charge in [0.15, 0.2) is 6.10 Å². The molecule has 2 amide bonds. The molecule has 176 valence electrons. The van der Waals surface area contributed by atoms with Gasteiger partial charge in [-0.05, 0) is 67.4 Å². The quantitative estimate of drug-likeness (QED) is 0.475. The van der Waals surface area contributed by atoms with Gasteiger partial charge in [0.25, 0.3) is 11.8 Å². The topological polar surface area (TPSA) is 114 Å². The second kappa shape index (κ2) is 9.56. The van der Waals surface area contributed by atoms with Crippen LogP contribution in [0, 0.1) is 6.92 Å². The lowest BCUT2D eigenvalue weighted by Crippen LogP contribution is -2.31. The number of rotatable bonds is 7. The van der Waals surface area contributed by atoms with E-state index in [0.717, 1.165) is 5.56 Å². The van der Waals surface area contributed by atoms with Crippen molar-refractivity contribution in [3.05, 3.63) is 83.4 Å². The van der Waals surface area contributed by atoms with Crippen molar-refractivity contribution >= 4 is 38.9 Å². The smallest absolute Gasteiger partial charge is 0.265 e. The minimum absolute atomic E-state index is 0.0301. The van der Waals surface area contributed by atoms with Crippen LogP contribution in [0.5, 0.6) is 5.75 Å². The van der Waals surface area contributed by atoms with E-state index >= 15 is 0 Å². The van der Waals surface area contributed by atoms with E-state index in [1.165, 1.54) is 0 Å². The second-order valence-electron chi connectivity index (χ2n) is 7.98. The van der Waals surface area contributed by atoms with E-state index in [1.807, 2.05) is 24.3 Å². The number of amides is 2. The summed E-state index contributed by atoms with van der Waals surface area (Å²) >= 11 is 0. The number of carbonyl (C=O) groups excluding carboxylic acids is 2. The highest BCUT2D eigenvalue weighted by Crippen LogP contribution is 2.29. The number of para-hydroxylation sites is 1. The molecule has 0 radical (unpaired) electrons. The Hall–Kier alpha value is -3.85. The Balaban J connectivity index is 1.40. The average Bonchev–Trinajstić information content (AvgIpc) is 3.26. The minimum atomic E-state index is -3.39. The molecule has 0 saturated heterocycles. The Kier molecular flexibility index (Phi) is 6.56. The van der Waals surface area contributed by atoms with Crippen LogP contribution in [0.4, 0.5) is 17.1 Å². The summed E-state index contributed by atoms with van der Waals surface area (Å²) in [5.41, 5.74) is 3.49. The number of hydrogen-bond donors (Lipinski definition) is 3. The molecule has 1 aliphatic rings. The molecule has 0 bridgehead atoms. The molecule has 0 fully saturated rings. The predicted octanol–water partition coefficient (Wildman–Crippen LogP) is 3.95. The van der Waals surface area contributed by atoms with Crippen molar-refractivity contribution in [1.29, 1.82) is 0 Å². The molecule has 3 N–H and O–H groups in total. The molecule has 9 heteroatoms. The Morgan fingerprint density at radius 3 is 2.47 bits per heavy atom. The lowest BCUT2D eigenvalue weighted by atomic mass is 10.1. The summed E-state index contributed by atoms with van der Waals surface area (Å²) in [7, 11) is -3.39. The number of fused-ring (bicyclic) bond motifs is 1. The number of aryl methyl sites for hydroxylation is 1. The molecule has 0 aliphatic carbocycles. The van der Waals surface area contributed by atoms with Gasteiger partial charge in [0.1, 0.15) is 5.75 Å². The number of hydrogen-bond acceptors (Lipinski definition) is 5. The molecule has 1 unspecified atom stereocenters. The molecule has 4 rings (SSSR count). The number of benzene rings is 3. The summed E-state index contributed by atoms with van der Waals surface area (Å²) < 4.78 is 31.8. The molecule has 0 spiro atoms. The molecule has 1 atom stereocenters. The zero-order chi connectivity index (χ0) is 24.3. The maximum atomic E-state index is 12.8. The lowest BCUT2D eigenvalue weighted by molar-refractivity contribution is -0.122. The van der Waals surface area contributed by atoms with Crippen LogP contribution in [0.15, 0.2) is 66.7 Å². The van der Waals surface area contributed by atoms with Crippen molar-refractivity contribution < 1.29 is 22.7 Å². The number of anilines is 3. The van der Waals surface area contributed by atoms with Gasteiger partial charge in [0, 0.05) is 23.4 Å². The molecule has 1 heterocycles. The standard InChI is InChI=1S/C25H25N3O5S/c1-3-34(31,32)28-21-12-11-20(13-16(21)2)26-24(29)18-8-6-9-19(14-18)27-25(30)23-15-17-7-4-5-10-22(17)33-23/h4-14,23,28H,3,15H2,1-2H3,(H,26,29)(H,27,30). The molecule has 0 saturated carbocycles. The van der Waals surface area contributed by atoms with Gasteiger partial charge in [0.2, 0.25) is 10.0 Å². The Labute approximate surface area is 198 Å². The molecule has 0 aromatic heterocycles. The fourth-order valence-electron chi connectivity index (χ4n) is 3.59. The summed E-state index contributed by atoms with van der Waals surface area (Å²) in [4.78, 5) is 25.4. The Morgan fingerprint density at radius 1 is 0.971 bits per heavy atom. The summed E-state index contributed by atoms with van der Waals surface area (Å²) in [5, 5.41) is 5.61. The third-order valence-corrected chi connectivity index (χ3v) is 6.75. The van der Waals surface area contributed by atoms with Crippen LogP contribution >= 0.6 is 0 Å². The normalized spacial score (nSPS) is 14.6. The SMILES string of the molecule is CCS(=O)(=O)Nc1ccc(NC(=O)c2cccc(NC(=O)C3Cc4ccccc4O3)c2)cc1C. The van der Waals surface area contributed by atoms with E-state index in [0.29, 0.717) is 40.4 Å². The highest BCUT2D eigenvalue weighted by atomic mass is 32.2. The van der Waals surface area contributed by atoms with Crippen molar-refractivity contribution in [3.63, 3.8) is 0 Å². The van der Waals surface area contributed by atoms with Gasteiger partial charge in [-0.2, -0.15) is 0 Å². The number of carbonyl (C=O) groups is 2. The van der Waals surface area contributed by atoms with Crippen molar-refractivity contribution in [2.24, 2.45) is 0 Å². The third-order valence-electron chi connectivity index (χ3n) is 5.46. The summed E-state index contributed by atoms with van der Waals surface area (Å²) in [5.74, 6) is 0.0356. The van der Waals surface area contributed by atoms with Gasteiger partial charge in [0.05, 0.1) is 11.4 Å². The number of sulfonamides is 1. The van der Waals surface area contributed by atoms with E-state index in [2.05, 4.69) is 15.4 Å². The van der Waals surface area contributed by atoms with Crippen LogP contribution in [-0.2, 0) is 21.2 Å². The van der Waals surface area contributed by atoms with Gasteiger partial charge in [-0.25, -0.2) is 8.42 Å². The van der Waals surface area contributed by atoms with Gasteiger partial charge < -0.3 is 15.4 Å². The summed E-state index contributed by atoms with van der Waals surface area (Å²) in [6, 6.07) is 19.1. The van der Waals surface area contributed by atoms with Crippen molar-refractivity contribution in [2.75, 3.05) is 21.1 Å². The summed E-state index contributed by atoms with van der Waals surface area (Å²) in [6.07, 6.45) is -0.132. The zero-order valence-corrected chi connectivity index (χ0v) is 19.6. The zero-order valence-electron chi connectivity index (χ0n) is 18.8. The summed E-state index contributed by atoms with van der Waals surface area (Å²) in [6.45, 7) is 3.31. The Morgan fingerprint density at radius 2 is 1.74 bits per heavy atom. The van der Waals surface area contributed by atoms with E-state index in [4.69, 9.17) is 4.74 Å². The second-order valence-corrected chi connectivity index (χ2v) is 9.99. The fraction of sp³-hybridized carbons (Fsp3) is 0.200. The highest BCUT2D eigenvalue weighted by Gasteiger charge is 2.28. The van der Waals surface area contributed by atoms with E-state index in [9.17, 15) is 18.0 Å². The third kappa shape index (κ3) is 5.37. The van der Waals surface area contributed by atoms with Crippen LogP contribution in [0.1, 0.15) is 28.4 Å². The number of ether oxygens (including phenoxy) is 1. The first kappa shape index (κ1) is 23.3. The molecular formula is C25H25N3O5S. The Bertz CT molecular complexity index is 1330. The lowest BCUT2D eigenvalue weighted by Gasteiger charge is -2.13. The molecular weight excluding hydrogens is 454 g/mol. The average molecular weight is 480 g/mol. The molecule has 3 aromatic carbocycles. The minimum Gasteiger partial charge on any atom is -0.480 e. The largest absolute Gasteiger partial charge is 0.480 e. The van der Waals surface area contributed by atoms with Gasteiger partial charge in [-0.1, -0.05) is 24.3 Å². The highest BCUT2D eigenvalue weighted by molar-refractivity contribution is 7.92. The first-order chi connectivity index (χ1) is 16.2. The first-order valence-electron chi connectivity index (χ1n) is 10.8. The fourth-order valence-corrected chi connectivity index (χ4v) is 4.30.